The second-order valence-electron chi connectivity index (χ2n) is 13.1. The third-order valence-electron chi connectivity index (χ3n) is 8.88. The molecule has 4 atom stereocenters. The molecule has 2 fully saturated rings. The van der Waals surface area contributed by atoms with Crippen molar-refractivity contribution >= 4 is 75.3 Å². The maximum absolute atomic E-state index is 14.0. The number of carbonyl (C=O) groups is 4. The van der Waals surface area contributed by atoms with Crippen LogP contribution in [0.5, 0.6) is 0 Å². The Bertz CT molecular complexity index is 1540. The van der Waals surface area contributed by atoms with Crippen molar-refractivity contribution in [2.45, 2.75) is 81.4 Å². The topological polar surface area (TPSA) is 146 Å². The van der Waals surface area contributed by atoms with Crippen LogP contribution in [0, 0.1) is 11.3 Å². The highest BCUT2D eigenvalue weighted by Gasteiger charge is 2.41. The van der Waals surface area contributed by atoms with Crippen LogP contribution < -0.4 is 16.1 Å². The number of nitrogens with zero attached hydrogens (tertiary/aromatic N) is 1. The molecule has 268 valence electrons. The van der Waals surface area contributed by atoms with Crippen LogP contribution in [0.3, 0.4) is 0 Å². The van der Waals surface area contributed by atoms with Crippen LogP contribution in [0.2, 0.25) is 0 Å². The summed E-state index contributed by atoms with van der Waals surface area (Å²) >= 11 is 17.0. The van der Waals surface area contributed by atoms with Crippen molar-refractivity contribution < 1.29 is 33.8 Å². The Morgan fingerprint density at radius 3 is 2.41 bits per heavy atom. The van der Waals surface area contributed by atoms with E-state index in [1.54, 1.807) is 13.8 Å². The zero-order valence-corrected chi connectivity index (χ0v) is 30.4. The van der Waals surface area contributed by atoms with Crippen LogP contribution in [0.1, 0.15) is 70.6 Å². The predicted molar refractivity (Wildman–Crippen MR) is 190 cm³/mol. The number of ether oxygens (including phenoxy) is 2. The highest BCUT2D eigenvalue weighted by molar-refractivity contribution is 6.67. The Morgan fingerprint density at radius 1 is 1.06 bits per heavy atom. The van der Waals surface area contributed by atoms with Crippen molar-refractivity contribution in [2.24, 2.45) is 11.3 Å². The first-order chi connectivity index (χ1) is 23.1. The van der Waals surface area contributed by atoms with E-state index < -0.39 is 57.8 Å². The number of amides is 3. The molecule has 3 amide bonds. The lowest BCUT2D eigenvalue weighted by atomic mass is 9.78. The number of hydrazine groups is 1. The van der Waals surface area contributed by atoms with Crippen molar-refractivity contribution in [1.82, 2.24) is 21.1 Å². The first-order valence-corrected chi connectivity index (χ1v) is 17.6. The SMILES string of the molecule is CC(C)[C@H](NC(=O)C1(/C=C/c2ccc3ccc([C@@H](C)O)cc3c2)CCOCC1)C(=O)N[C@@H](C)C(=O)N1CCC[C@@H](C(=O)OCC(Cl)(Cl)Cl)N1. The monoisotopic (exact) mass is 738 g/mol. The smallest absolute Gasteiger partial charge is 0.325 e. The lowest BCUT2D eigenvalue weighted by Crippen LogP contribution is -2.61. The van der Waals surface area contributed by atoms with Crippen LogP contribution in [-0.4, -0.2) is 82.1 Å². The Hall–Kier alpha value is -2.93. The van der Waals surface area contributed by atoms with Gasteiger partial charge in [-0.05, 0) is 79.5 Å². The van der Waals surface area contributed by atoms with E-state index in [1.807, 2.05) is 62.4 Å². The molecule has 0 aliphatic carbocycles. The second kappa shape index (κ2) is 16.9. The first kappa shape index (κ1) is 38.9. The van der Waals surface area contributed by atoms with Crippen molar-refractivity contribution in [1.29, 1.82) is 0 Å². The summed E-state index contributed by atoms with van der Waals surface area (Å²) in [5.41, 5.74) is 3.65. The molecule has 0 bridgehead atoms. The van der Waals surface area contributed by atoms with Gasteiger partial charge < -0.3 is 25.2 Å². The summed E-state index contributed by atoms with van der Waals surface area (Å²) in [5.74, 6) is -2.22. The number of fused-ring (bicyclic) bond motifs is 1. The van der Waals surface area contributed by atoms with Gasteiger partial charge in [-0.1, -0.05) is 85.1 Å². The average molecular weight is 740 g/mol. The van der Waals surface area contributed by atoms with Gasteiger partial charge in [-0.2, -0.15) is 0 Å². The van der Waals surface area contributed by atoms with Gasteiger partial charge in [0.1, 0.15) is 24.7 Å². The van der Waals surface area contributed by atoms with Gasteiger partial charge in [0.05, 0.1) is 11.5 Å². The molecule has 0 saturated carbocycles. The minimum absolute atomic E-state index is 0.291. The number of alkyl halides is 3. The minimum Gasteiger partial charge on any atom is -0.460 e. The van der Waals surface area contributed by atoms with Gasteiger partial charge in [0, 0.05) is 19.8 Å². The predicted octanol–water partition coefficient (Wildman–Crippen LogP) is 4.76. The fourth-order valence-electron chi connectivity index (χ4n) is 5.90. The van der Waals surface area contributed by atoms with Gasteiger partial charge >= 0.3 is 5.97 Å². The van der Waals surface area contributed by atoms with Gasteiger partial charge in [-0.25, -0.2) is 5.43 Å². The molecule has 11 nitrogen and oxygen atoms in total. The molecule has 2 saturated heterocycles. The highest BCUT2D eigenvalue weighted by atomic mass is 35.6. The Kier molecular flexibility index (Phi) is 13.4. The average Bonchev–Trinajstić information content (AvgIpc) is 3.07. The summed E-state index contributed by atoms with van der Waals surface area (Å²) in [6.07, 6.45) is 5.01. The molecule has 0 unspecified atom stereocenters. The molecule has 0 spiro atoms. The quantitative estimate of drug-likeness (QED) is 0.191. The number of aliphatic hydroxyl groups is 1. The standard InChI is InChI=1S/C35H45Cl3N4O7/c1-21(2)29(30(44)39-22(3)31(45)42-15-5-6-28(41-42)32(46)49-20-35(36,37)38)40-33(47)34(13-16-48-17-14-34)12-11-24-7-8-25-9-10-26(23(4)43)19-27(25)18-24/h7-12,18-19,21-23,28-29,41,43H,5-6,13-17,20H2,1-4H3,(H,39,44)(H,40,47)/b12-11+/t22-,23+,28-,29-/m0/s1. The van der Waals surface area contributed by atoms with E-state index >= 15 is 0 Å². The van der Waals surface area contributed by atoms with Crippen LogP contribution in [-0.2, 0) is 28.7 Å². The maximum Gasteiger partial charge on any atom is 0.325 e. The van der Waals surface area contributed by atoms with Gasteiger partial charge in [0.15, 0.2) is 0 Å². The Morgan fingerprint density at radius 2 is 1.76 bits per heavy atom. The Labute approximate surface area is 301 Å². The van der Waals surface area contributed by atoms with E-state index in [-0.39, 0.29) is 11.8 Å². The summed E-state index contributed by atoms with van der Waals surface area (Å²) in [4.78, 5) is 53.3. The van der Waals surface area contributed by atoms with Gasteiger partial charge in [0.25, 0.3) is 5.91 Å². The van der Waals surface area contributed by atoms with E-state index in [0.29, 0.717) is 45.4 Å². The maximum atomic E-state index is 14.0. The van der Waals surface area contributed by atoms with Gasteiger partial charge in [0.2, 0.25) is 15.6 Å². The minimum atomic E-state index is -1.76. The number of nitrogens with one attached hydrogen (secondary N) is 3. The van der Waals surface area contributed by atoms with Gasteiger partial charge in [-0.3, -0.25) is 24.2 Å². The number of benzene rings is 2. The van der Waals surface area contributed by atoms with Crippen LogP contribution in [0.25, 0.3) is 16.8 Å². The number of hydrogen-bond acceptors (Lipinski definition) is 8. The number of hydrogen-bond donors (Lipinski definition) is 4. The van der Waals surface area contributed by atoms with Crippen LogP contribution in [0.4, 0.5) is 0 Å². The lowest BCUT2D eigenvalue weighted by molar-refractivity contribution is -0.152. The normalized spacial score (nSPS) is 20.1. The highest BCUT2D eigenvalue weighted by Crippen LogP contribution is 2.34. The van der Waals surface area contributed by atoms with E-state index in [2.05, 4.69) is 16.1 Å². The Balaban J connectivity index is 1.43. The number of carbonyl (C=O) groups excluding carboxylic acids is 4. The fourth-order valence-corrected chi connectivity index (χ4v) is 6.06. The van der Waals surface area contributed by atoms with Crippen LogP contribution >= 0.6 is 34.8 Å². The molecule has 49 heavy (non-hydrogen) atoms. The molecule has 2 aromatic rings. The molecular formula is C35H45Cl3N4O7. The molecule has 4 rings (SSSR count). The molecule has 0 radical (unpaired) electrons. The molecule has 0 aromatic heterocycles. The molecule has 2 aliphatic heterocycles. The van der Waals surface area contributed by atoms with Crippen LogP contribution in [0.15, 0.2) is 42.5 Å². The summed E-state index contributed by atoms with van der Waals surface area (Å²) in [6.45, 7) is 7.56. The largest absolute Gasteiger partial charge is 0.460 e. The number of rotatable bonds is 11. The lowest BCUT2D eigenvalue weighted by Gasteiger charge is -2.36. The molecular weight excluding hydrogens is 695 g/mol. The first-order valence-electron chi connectivity index (χ1n) is 16.5. The van der Waals surface area contributed by atoms with E-state index in [4.69, 9.17) is 44.3 Å². The number of esters is 1. The molecule has 14 heteroatoms. The zero-order valence-electron chi connectivity index (χ0n) is 28.1. The van der Waals surface area contributed by atoms with Gasteiger partial charge in [-0.15, -0.1) is 0 Å². The number of halogens is 3. The molecule has 2 aliphatic rings. The molecule has 2 heterocycles. The fraction of sp³-hybridized carbons (Fsp3) is 0.543. The number of aliphatic hydroxyl groups excluding tert-OH is 1. The second-order valence-corrected chi connectivity index (χ2v) is 15.6. The van der Waals surface area contributed by atoms with Crippen molar-refractivity contribution in [2.75, 3.05) is 26.4 Å². The van der Waals surface area contributed by atoms with E-state index in [1.165, 1.54) is 5.01 Å². The summed E-state index contributed by atoms with van der Waals surface area (Å²) in [7, 11) is 0. The summed E-state index contributed by atoms with van der Waals surface area (Å²) in [6, 6.07) is 9.09. The molecule has 2 aromatic carbocycles. The summed E-state index contributed by atoms with van der Waals surface area (Å²) < 4.78 is 8.89. The summed E-state index contributed by atoms with van der Waals surface area (Å²) in [5, 5.41) is 19.0. The van der Waals surface area contributed by atoms with E-state index in [9.17, 15) is 24.3 Å². The van der Waals surface area contributed by atoms with Crippen molar-refractivity contribution in [3.8, 4) is 0 Å². The molecule has 4 N–H and O–H groups in total. The third-order valence-corrected chi connectivity index (χ3v) is 9.21. The third kappa shape index (κ3) is 10.5. The van der Waals surface area contributed by atoms with Crippen molar-refractivity contribution in [3.05, 3.63) is 53.6 Å². The zero-order chi connectivity index (χ0) is 35.9. The van der Waals surface area contributed by atoms with Crippen molar-refractivity contribution in [3.63, 3.8) is 0 Å². The van der Waals surface area contributed by atoms with E-state index in [0.717, 1.165) is 21.9 Å².